The Morgan fingerprint density at radius 1 is 0.828 bits per heavy atom. The Labute approximate surface area is 369 Å². The second kappa shape index (κ2) is 19.0. The number of aromatic nitrogens is 4. The Hall–Kier alpha value is -7.92. The quantitative estimate of drug-likeness (QED) is 0.0308. The van der Waals surface area contributed by atoms with Gasteiger partial charge in [-0.05, 0) is 116 Å². The number of benzene rings is 5. The fraction of sp³-hybridized carbons (Fsp3) is 0.170. The third-order valence-corrected chi connectivity index (χ3v) is 10.6. The molecular formula is C47H40FN7O8S. The maximum atomic E-state index is 13.8. The fourth-order valence-corrected chi connectivity index (χ4v) is 7.41. The first-order valence-corrected chi connectivity index (χ1v) is 20.7. The number of hydrogen-bond donors (Lipinski definition) is 6. The SMILES string of the molecule is O=C(CCCOc1ccc2nc(-c3cn(-c4ccc(O)c(F)c4)nn3)ccc2c1)NCCCCCNC(=S)Nc1ccc(-c2c3ccc(=O)cc-3oc3cc(O)ccc23)c(C(=O)O)c1. The predicted octanol–water partition coefficient (Wildman–Crippen LogP) is 8.04. The smallest absolute Gasteiger partial charge is 0.336 e. The van der Waals surface area contributed by atoms with Crippen LogP contribution < -0.4 is 26.1 Å². The average Bonchev–Trinajstić information content (AvgIpc) is 3.78. The molecule has 2 aliphatic rings. The first-order valence-electron chi connectivity index (χ1n) is 20.3. The van der Waals surface area contributed by atoms with Gasteiger partial charge in [-0.3, -0.25) is 9.59 Å². The lowest BCUT2D eigenvalue weighted by Gasteiger charge is -2.18. The van der Waals surface area contributed by atoms with Crippen molar-refractivity contribution < 1.29 is 38.5 Å². The molecule has 15 nitrogen and oxygen atoms in total. The van der Waals surface area contributed by atoms with Crippen LogP contribution in [-0.4, -0.2) is 72.0 Å². The number of thiocarbonyl (C=S) groups is 1. The zero-order valence-electron chi connectivity index (χ0n) is 34.0. The molecule has 3 heterocycles. The molecule has 0 saturated carbocycles. The summed E-state index contributed by atoms with van der Waals surface area (Å²) < 4.78 is 27.0. The van der Waals surface area contributed by atoms with Gasteiger partial charge in [-0.1, -0.05) is 17.3 Å². The fourth-order valence-electron chi connectivity index (χ4n) is 7.19. The lowest BCUT2D eigenvalue weighted by atomic mass is 9.90. The molecule has 4 aromatic carbocycles. The van der Waals surface area contributed by atoms with Crippen LogP contribution in [0.3, 0.4) is 0 Å². The molecule has 0 atom stereocenters. The number of unbranched alkanes of at least 4 members (excludes halogenated alkanes) is 2. The summed E-state index contributed by atoms with van der Waals surface area (Å²) in [6.07, 6.45) is 4.90. The van der Waals surface area contributed by atoms with Crippen molar-refractivity contribution in [3.63, 3.8) is 0 Å². The highest BCUT2D eigenvalue weighted by atomic mass is 32.1. The van der Waals surface area contributed by atoms with Crippen molar-refractivity contribution >= 4 is 56.8 Å². The topological polar surface area (TPSA) is 214 Å². The van der Waals surface area contributed by atoms with Crippen LogP contribution in [0.4, 0.5) is 10.1 Å². The van der Waals surface area contributed by atoms with Crippen LogP contribution in [-0.2, 0) is 4.79 Å². The molecule has 1 aliphatic carbocycles. The summed E-state index contributed by atoms with van der Waals surface area (Å²) in [6, 6.07) is 26.9. The van der Waals surface area contributed by atoms with Gasteiger partial charge < -0.3 is 40.4 Å². The number of carboxylic acid groups (broad SMARTS) is 1. The van der Waals surface area contributed by atoms with E-state index in [1.54, 1.807) is 30.5 Å². The molecular weight excluding hydrogens is 842 g/mol. The number of rotatable bonds is 16. The molecule has 0 radical (unpaired) electrons. The van der Waals surface area contributed by atoms with Crippen molar-refractivity contribution in [3.8, 4) is 56.8 Å². The van der Waals surface area contributed by atoms with E-state index in [4.69, 9.17) is 21.4 Å². The van der Waals surface area contributed by atoms with Gasteiger partial charge in [0.1, 0.15) is 28.5 Å². The van der Waals surface area contributed by atoms with Crippen LogP contribution in [0, 0.1) is 5.82 Å². The number of carboxylic acids is 1. The van der Waals surface area contributed by atoms with Gasteiger partial charge in [-0.2, -0.15) is 0 Å². The number of hydrogen-bond acceptors (Lipinski definition) is 11. The molecule has 0 saturated heterocycles. The van der Waals surface area contributed by atoms with Gasteiger partial charge in [0, 0.05) is 65.3 Å². The minimum Gasteiger partial charge on any atom is -0.508 e. The molecule has 2 aromatic heterocycles. The highest BCUT2D eigenvalue weighted by molar-refractivity contribution is 7.80. The van der Waals surface area contributed by atoms with Gasteiger partial charge in [0.15, 0.2) is 22.1 Å². The summed E-state index contributed by atoms with van der Waals surface area (Å²) in [6.45, 7) is 1.47. The van der Waals surface area contributed by atoms with Crippen LogP contribution in [0.15, 0.2) is 119 Å². The molecule has 1 aliphatic heterocycles. The van der Waals surface area contributed by atoms with E-state index in [1.807, 2.05) is 30.3 Å². The maximum absolute atomic E-state index is 13.8. The van der Waals surface area contributed by atoms with Gasteiger partial charge in [0.2, 0.25) is 5.91 Å². The summed E-state index contributed by atoms with van der Waals surface area (Å²) in [5, 5.41) is 48.9. The van der Waals surface area contributed by atoms with E-state index >= 15 is 0 Å². The standard InChI is InChI=1S/C47H40FN7O8S/c48-37-23-29(8-17-41(37)58)55-26-40(53-54-55)39-15-6-27-21-32(11-16-38(27)52-39)62-20-4-5-44(59)49-18-2-1-3-19-50-47(64)51-28-7-12-33(36(22-28)46(60)61)45-34-13-9-30(56)24-42(34)63-43-25-31(57)10-14-35(43)45/h6-17,21-26,56,58H,1-5,18-20H2,(H,49,59)(H,60,61)(H2,50,51,64). The normalized spacial score (nSPS) is 11.2. The van der Waals surface area contributed by atoms with E-state index in [0.717, 1.165) is 30.2 Å². The number of amides is 1. The number of aromatic hydroxyl groups is 2. The molecule has 1 amide bonds. The lowest BCUT2D eigenvalue weighted by Crippen LogP contribution is -2.29. The van der Waals surface area contributed by atoms with E-state index in [-0.39, 0.29) is 28.4 Å². The summed E-state index contributed by atoms with van der Waals surface area (Å²) >= 11 is 5.48. The van der Waals surface area contributed by atoms with Gasteiger partial charge in [0.25, 0.3) is 0 Å². The second-order valence-corrected chi connectivity index (χ2v) is 15.3. The van der Waals surface area contributed by atoms with Gasteiger partial charge in [-0.15, -0.1) is 5.10 Å². The second-order valence-electron chi connectivity index (χ2n) is 14.9. The Morgan fingerprint density at radius 2 is 1.66 bits per heavy atom. The molecule has 324 valence electrons. The largest absolute Gasteiger partial charge is 0.508 e. The average molecular weight is 882 g/mol. The number of ether oxygens (including phenoxy) is 1. The molecule has 6 aromatic rings. The van der Waals surface area contributed by atoms with Crippen LogP contribution in [0.1, 0.15) is 42.5 Å². The lowest BCUT2D eigenvalue weighted by molar-refractivity contribution is -0.121. The number of fused-ring (bicyclic) bond motifs is 3. The van der Waals surface area contributed by atoms with E-state index in [2.05, 4.69) is 31.2 Å². The van der Waals surface area contributed by atoms with Crippen molar-refractivity contribution in [1.82, 2.24) is 30.6 Å². The first kappa shape index (κ1) is 42.8. The molecule has 6 N–H and O–H groups in total. The molecule has 8 rings (SSSR count). The molecule has 0 spiro atoms. The molecule has 0 bridgehead atoms. The van der Waals surface area contributed by atoms with Crippen molar-refractivity contribution in [2.24, 2.45) is 0 Å². The molecule has 64 heavy (non-hydrogen) atoms. The van der Waals surface area contributed by atoms with Gasteiger partial charge >= 0.3 is 5.97 Å². The van der Waals surface area contributed by atoms with Crippen molar-refractivity contribution in [2.75, 3.05) is 25.0 Å². The summed E-state index contributed by atoms with van der Waals surface area (Å²) in [7, 11) is 0. The van der Waals surface area contributed by atoms with E-state index < -0.39 is 17.5 Å². The number of carbonyl (C=O) groups is 2. The first-order chi connectivity index (χ1) is 31.0. The third-order valence-electron chi connectivity index (χ3n) is 10.3. The summed E-state index contributed by atoms with van der Waals surface area (Å²) in [5.74, 6) is -1.53. The minimum absolute atomic E-state index is 0.00413. The zero-order chi connectivity index (χ0) is 44.7. The Bertz CT molecular complexity index is 3080. The molecule has 0 unspecified atom stereocenters. The summed E-state index contributed by atoms with van der Waals surface area (Å²) in [4.78, 5) is 41.8. The number of aromatic carboxylic acids is 1. The summed E-state index contributed by atoms with van der Waals surface area (Å²) in [5.41, 5.74) is 4.22. The Morgan fingerprint density at radius 3 is 2.48 bits per heavy atom. The van der Waals surface area contributed by atoms with E-state index in [1.165, 1.54) is 53.2 Å². The zero-order valence-corrected chi connectivity index (χ0v) is 34.8. The monoisotopic (exact) mass is 881 g/mol. The highest BCUT2D eigenvalue weighted by Gasteiger charge is 2.22. The van der Waals surface area contributed by atoms with E-state index in [0.29, 0.717) is 93.8 Å². The Kier molecular flexibility index (Phi) is 12.7. The minimum atomic E-state index is -1.16. The Balaban J connectivity index is 0.738. The van der Waals surface area contributed by atoms with Crippen molar-refractivity contribution in [2.45, 2.75) is 32.1 Å². The van der Waals surface area contributed by atoms with Crippen LogP contribution in [0.2, 0.25) is 0 Å². The number of halogens is 1. The third kappa shape index (κ3) is 9.90. The number of pyridine rings is 1. The molecule has 17 heteroatoms. The van der Waals surface area contributed by atoms with Crippen LogP contribution >= 0.6 is 12.2 Å². The van der Waals surface area contributed by atoms with Crippen molar-refractivity contribution in [1.29, 1.82) is 0 Å². The number of nitrogens with zero attached hydrogens (tertiary/aromatic N) is 4. The van der Waals surface area contributed by atoms with Crippen LogP contribution in [0.5, 0.6) is 17.2 Å². The number of nitrogens with one attached hydrogen (secondary N) is 3. The van der Waals surface area contributed by atoms with Gasteiger partial charge in [-0.25, -0.2) is 18.9 Å². The number of phenolic OH excluding ortho intramolecular Hbond substituents is 2. The number of anilines is 1. The molecule has 0 fully saturated rings. The van der Waals surface area contributed by atoms with Crippen molar-refractivity contribution in [3.05, 3.63) is 131 Å². The van der Waals surface area contributed by atoms with Gasteiger partial charge in [0.05, 0.1) is 35.3 Å². The number of carbonyl (C=O) groups excluding carboxylic acids is 1. The number of phenols is 2. The van der Waals surface area contributed by atoms with Crippen LogP contribution in [0.25, 0.3) is 61.4 Å². The van der Waals surface area contributed by atoms with E-state index in [9.17, 15) is 34.1 Å². The predicted molar refractivity (Wildman–Crippen MR) is 243 cm³/mol. The maximum Gasteiger partial charge on any atom is 0.336 e. The highest BCUT2D eigenvalue weighted by Crippen LogP contribution is 2.42.